The molecule has 2 aliphatic carbocycles. The van der Waals surface area contributed by atoms with Crippen molar-refractivity contribution in [3.63, 3.8) is 0 Å². The minimum atomic E-state index is -0.483. The molecule has 0 fully saturated rings. The highest BCUT2D eigenvalue weighted by molar-refractivity contribution is 5.74. The maximum Gasteiger partial charge on any atom is 0.189 e. The van der Waals surface area contributed by atoms with Gasteiger partial charge in [0.1, 0.15) is 25.2 Å². The topological polar surface area (TPSA) is 106 Å². The number of rotatable bonds is 4. The summed E-state index contributed by atoms with van der Waals surface area (Å²) in [5.74, 6) is 1.51. The predicted octanol–water partition coefficient (Wildman–Crippen LogP) is 6.80. The quantitative estimate of drug-likeness (QED) is 0.195. The molecule has 0 saturated heterocycles. The van der Waals surface area contributed by atoms with Crippen molar-refractivity contribution in [1.82, 2.24) is 0 Å². The van der Waals surface area contributed by atoms with E-state index < -0.39 is 5.41 Å². The highest BCUT2D eigenvalue weighted by Crippen LogP contribution is 2.68. The number of hydrogen-bond acceptors (Lipinski definition) is 6. The minimum Gasteiger partial charge on any atom is -0.504 e. The van der Waals surface area contributed by atoms with E-state index in [-0.39, 0.29) is 33.8 Å². The molecule has 0 radical (unpaired) electrons. The fraction of sp³-hybridized carbons (Fsp3) is 0.459. The van der Waals surface area contributed by atoms with Crippen molar-refractivity contribution < 1.29 is 28.7 Å². The predicted molar refractivity (Wildman–Crippen MR) is 172 cm³/mol. The number of aromatic hydroxyl groups is 2. The van der Waals surface area contributed by atoms with E-state index in [2.05, 4.69) is 88.2 Å². The fourth-order valence-corrected chi connectivity index (χ4v) is 8.40. The van der Waals surface area contributed by atoms with Gasteiger partial charge in [0.2, 0.25) is 0 Å². The van der Waals surface area contributed by atoms with Gasteiger partial charge in [0.15, 0.2) is 34.5 Å². The maximum absolute atomic E-state index is 11.5. The molecule has 234 valence electrons. The molecule has 3 aliphatic rings. The monoisotopic (exact) mass is 608 g/mol. The summed E-state index contributed by atoms with van der Waals surface area (Å²) in [6, 6.07) is 11.5. The summed E-state index contributed by atoms with van der Waals surface area (Å²) in [7, 11) is 12.7. The number of nitriles is 2. The van der Waals surface area contributed by atoms with Crippen LogP contribution in [0.1, 0.15) is 85.0 Å². The summed E-state index contributed by atoms with van der Waals surface area (Å²) in [5.41, 5.74) is 5.85. The van der Waals surface area contributed by atoms with Crippen molar-refractivity contribution in [3.05, 3.63) is 68.8 Å². The average molecular weight is 609 g/mol. The Bertz CT molecular complexity index is 1880. The molecule has 8 heteroatoms. The van der Waals surface area contributed by atoms with Crippen molar-refractivity contribution in [2.24, 2.45) is 0 Å². The molecular formula is C37H44N4O4+2. The van der Waals surface area contributed by atoms with Crippen LogP contribution in [0.5, 0.6) is 34.5 Å². The SMILES string of the molecule is CC1(C)CC2(CC(C)(C)c3cc4c(c(C[N+](C)(C)C)c32)Oc2c(C#N)ccc(C#N)c2O4)c2c1cc(O)c(O)c2C[N+](C)(C)C. The van der Waals surface area contributed by atoms with Crippen LogP contribution in [0.4, 0.5) is 0 Å². The fourth-order valence-electron chi connectivity index (χ4n) is 8.40. The van der Waals surface area contributed by atoms with Crippen molar-refractivity contribution >= 4 is 0 Å². The van der Waals surface area contributed by atoms with Gasteiger partial charge >= 0.3 is 0 Å². The second-order valence-corrected chi connectivity index (χ2v) is 16.6. The van der Waals surface area contributed by atoms with Crippen molar-refractivity contribution in [2.75, 3.05) is 42.3 Å². The third-order valence-electron chi connectivity index (χ3n) is 9.66. The molecule has 1 heterocycles. The number of phenols is 2. The van der Waals surface area contributed by atoms with E-state index in [1.54, 1.807) is 18.2 Å². The molecular weight excluding hydrogens is 564 g/mol. The lowest BCUT2D eigenvalue weighted by atomic mass is 9.70. The smallest absolute Gasteiger partial charge is 0.189 e. The maximum atomic E-state index is 11.5. The largest absolute Gasteiger partial charge is 0.504 e. The minimum absolute atomic E-state index is 0.0487. The molecule has 0 aromatic heterocycles. The van der Waals surface area contributed by atoms with Crippen LogP contribution in [0.15, 0.2) is 24.3 Å². The van der Waals surface area contributed by atoms with Crippen LogP contribution in [0, 0.1) is 22.7 Å². The zero-order chi connectivity index (χ0) is 33.1. The van der Waals surface area contributed by atoms with Crippen LogP contribution in [0.2, 0.25) is 0 Å². The van der Waals surface area contributed by atoms with Gasteiger partial charge in [-0.3, -0.25) is 0 Å². The first kappa shape index (κ1) is 30.8. The van der Waals surface area contributed by atoms with E-state index in [4.69, 9.17) is 9.47 Å². The lowest BCUT2D eigenvalue weighted by molar-refractivity contribution is -0.884. The van der Waals surface area contributed by atoms with Crippen LogP contribution in [-0.4, -0.2) is 61.5 Å². The van der Waals surface area contributed by atoms with Crippen LogP contribution < -0.4 is 9.47 Å². The summed E-state index contributed by atoms with van der Waals surface area (Å²) >= 11 is 0. The molecule has 6 rings (SSSR count). The summed E-state index contributed by atoms with van der Waals surface area (Å²) in [6.07, 6.45) is 1.59. The zero-order valence-electron chi connectivity index (χ0n) is 28.1. The Morgan fingerprint density at radius 3 is 1.69 bits per heavy atom. The zero-order valence-corrected chi connectivity index (χ0v) is 28.1. The number of benzene rings is 3. The Hall–Kier alpha value is -4.24. The molecule has 1 aliphatic heterocycles. The van der Waals surface area contributed by atoms with Crippen LogP contribution >= 0.6 is 0 Å². The molecule has 45 heavy (non-hydrogen) atoms. The van der Waals surface area contributed by atoms with E-state index in [0.29, 0.717) is 44.7 Å². The molecule has 0 saturated carbocycles. The number of ether oxygens (including phenoxy) is 2. The summed E-state index contributed by atoms with van der Waals surface area (Å²) < 4.78 is 14.4. The molecule has 8 nitrogen and oxygen atoms in total. The Morgan fingerprint density at radius 2 is 1.18 bits per heavy atom. The highest BCUT2D eigenvalue weighted by atomic mass is 16.6. The number of quaternary nitrogens is 2. The third-order valence-corrected chi connectivity index (χ3v) is 9.66. The van der Waals surface area contributed by atoms with Crippen LogP contribution in [-0.2, 0) is 29.3 Å². The first-order valence-corrected chi connectivity index (χ1v) is 15.5. The molecule has 1 unspecified atom stereocenters. The second kappa shape index (κ2) is 9.39. The van der Waals surface area contributed by atoms with Gasteiger partial charge in [0.05, 0.1) is 64.5 Å². The molecule has 3 aromatic carbocycles. The van der Waals surface area contributed by atoms with E-state index in [1.165, 1.54) is 5.56 Å². The van der Waals surface area contributed by atoms with Crippen molar-refractivity contribution in [3.8, 4) is 46.6 Å². The lowest BCUT2D eigenvalue weighted by Crippen LogP contribution is -2.37. The molecule has 1 spiro atoms. The van der Waals surface area contributed by atoms with E-state index in [0.717, 1.165) is 40.7 Å². The number of phenolic OH excluding ortho intramolecular Hbond substituents is 2. The van der Waals surface area contributed by atoms with Crippen molar-refractivity contribution in [1.29, 1.82) is 10.5 Å². The average Bonchev–Trinajstić information content (AvgIpc) is 3.26. The van der Waals surface area contributed by atoms with Crippen LogP contribution in [0.3, 0.4) is 0 Å². The molecule has 1 atom stereocenters. The summed E-state index contributed by atoms with van der Waals surface area (Å²) in [6.45, 7) is 10.1. The van der Waals surface area contributed by atoms with Gasteiger partial charge in [-0.15, -0.1) is 0 Å². The summed E-state index contributed by atoms with van der Waals surface area (Å²) in [4.78, 5) is 0. The Kier molecular flexibility index (Phi) is 6.42. The lowest BCUT2D eigenvalue weighted by Gasteiger charge is -2.36. The molecule has 0 amide bonds. The summed E-state index contributed by atoms with van der Waals surface area (Å²) in [5, 5.41) is 42.4. The number of fused-ring (bicyclic) bond motifs is 6. The number of hydrogen-bond donors (Lipinski definition) is 2. The molecule has 2 N–H and O–H groups in total. The third kappa shape index (κ3) is 4.62. The van der Waals surface area contributed by atoms with E-state index in [1.807, 2.05) is 0 Å². The van der Waals surface area contributed by atoms with E-state index >= 15 is 0 Å². The van der Waals surface area contributed by atoms with Gasteiger partial charge < -0.3 is 28.7 Å². The molecule has 3 aromatic rings. The van der Waals surface area contributed by atoms with Gasteiger partial charge in [-0.2, -0.15) is 10.5 Å². The second-order valence-electron chi connectivity index (χ2n) is 16.6. The van der Waals surface area contributed by atoms with Crippen LogP contribution in [0.25, 0.3) is 0 Å². The van der Waals surface area contributed by atoms with Gasteiger partial charge in [-0.25, -0.2) is 0 Å². The van der Waals surface area contributed by atoms with E-state index in [9.17, 15) is 20.7 Å². The Balaban J connectivity index is 1.73. The van der Waals surface area contributed by atoms with Gasteiger partial charge in [0.25, 0.3) is 0 Å². The highest BCUT2D eigenvalue weighted by Gasteiger charge is 2.60. The first-order chi connectivity index (χ1) is 20.7. The van der Waals surface area contributed by atoms with Gasteiger partial charge in [-0.05, 0) is 70.2 Å². The van der Waals surface area contributed by atoms with Crippen molar-refractivity contribution in [2.45, 2.75) is 69.9 Å². The Morgan fingerprint density at radius 1 is 0.711 bits per heavy atom. The Labute approximate surface area is 266 Å². The first-order valence-electron chi connectivity index (χ1n) is 15.5. The number of nitrogens with zero attached hydrogens (tertiary/aromatic N) is 4. The molecule has 0 bridgehead atoms. The van der Waals surface area contributed by atoms with Gasteiger partial charge in [-0.1, -0.05) is 27.7 Å². The standard InChI is InChI=1S/C37H42N4O4/c1-35(2)19-37(29-23(17-40(5,6)7)31(43)27(42)13-25(29)35)20-36(3,4)26-14-28-34(24(30(26)37)18-41(8,9)10)45-33-22(16-39)12-11-21(15-38)32(33)44-28/h11-14H,17-20H2,1-10H3/p+2. The normalized spacial score (nSPS) is 20.3. The van der Waals surface area contributed by atoms with Gasteiger partial charge in [0, 0.05) is 5.41 Å².